The zero-order valence-corrected chi connectivity index (χ0v) is 11.4. The van der Waals surface area contributed by atoms with Gasteiger partial charge in [0.25, 0.3) is 5.91 Å². The molecule has 1 heterocycles. The average Bonchev–Trinajstić information content (AvgIpc) is 2.47. The summed E-state index contributed by atoms with van der Waals surface area (Å²) in [7, 11) is 0. The van der Waals surface area contributed by atoms with Gasteiger partial charge in [0.1, 0.15) is 12.4 Å². The Morgan fingerprint density at radius 3 is 2.86 bits per heavy atom. The molecule has 4 nitrogen and oxygen atoms in total. The van der Waals surface area contributed by atoms with Crippen LogP contribution in [-0.2, 0) is 0 Å². The van der Waals surface area contributed by atoms with Gasteiger partial charge in [-0.3, -0.25) is 9.78 Å². The molecule has 1 aromatic carbocycles. The minimum absolute atomic E-state index is 0.0658. The Hall–Kier alpha value is -2.71. The molecule has 2 N–H and O–H groups in total. The molecule has 106 valence electrons. The minimum atomic E-state index is -0.589. The summed E-state index contributed by atoms with van der Waals surface area (Å²) in [4.78, 5) is 15.9. The molecule has 2 aromatic rings. The van der Waals surface area contributed by atoms with Gasteiger partial charge in [0, 0.05) is 18.0 Å². The fraction of sp³-hybridized carbons (Fsp3) is 0.125. The predicted molar refractivity (Wildman–Crippen MR) is 77.3 cm³/mol. The second-order valence-corrected chi connectivity index (χ2v) is 4.36. The van der Waals surface area contributed by atoms with Gasteiger partial charge in [0.15, 0.2) is 0 Å². The number of carbonyl (C=O) groups excluding carboxylic acids is 1. The fourth-order valence-corrected chi connectivity index (χ4v) is 1.71. The van der Waals surface area contributed by atoms with Gasteiger partial charge in [0.05, 0.1) is 11.3 Å². The second-order valence-electron chi connectivity index (χ2n) is 4.36. The number of nitrogens with one attached hydrogen (secondary N) is 1. The van der Waals surface area contributed by atoms with Gasteiger partial charge in [-0.25, -0.2) is 4.39 Å². The number of carbonyl (C=O) groups is 1. The number of amides is 1. The molecule has 0 unspecified atom stereocenters. The third-order valence-corrected chi connectivity index (χ3v) is 2.67. The zero-order chi connectivity index (χ0) is 15.2. The monoisotopic (exact) mass is 284 g/mol. The van der Waals surface area contributed by atoms with Crippen molar-refractivity contribution in [3.8, 4) is 11.8 Å². The zero-order valence-electron chi connectivity index (χ0n) is 11.4. The van der Waals surface area contributed by atoms with E-state index in [2.05, 4.69) is 22.1 Å². The van der Waals surface area contributed by atoms with Gasteiger partial charge in [-0.2, -0.15) is 0 Å². The Bertz CT molecular complexity index is 733. The van der Waals surface area contributed by atoms with E-state index in [1.54, 1.807) is 18.3 Å². The molecule has 0 saturated carbocycles. The van der Waals surface area contributed by atoms with Crippen molar-refractivity contribution < 1.29 is 14.3 Å². The van der Waals surface area contributed by atoms with Crippen molar-refractivity contribution in [3.05, 3.63) is 59.2 Å². The topological polar surface area (TPSA) is 62.2 Å². The highest BCUT2D eigenvalue weighted by Crippen LogP contribution is 2.16. The molecule has 0 aliphatic heterocycles. The van der Waals surface area contributed by atoms with E-state index in [0.717, 1.165) is 5.56 Å². The van der Waals surface area contributed by atoms with Crippen LogP contribution in [0.4, 0.5) is 10.1 Å². The average molecular weight is 284 g/mol. The van der Waals surface area contributed by atoms with Crippen LogP contribution in [-0.4, -0.2) is 22.6 Å². The van der Waals surface area contributed by atoms with Gasteiger partial charge in [-0.1, -0.05) is 11.8 Å². The van der Waals surface area contributed by atoms with Crippen LogP contribution < -0.4 is 5.32 Å². The third kappa shape index (κ3) is 3.88. The van der Waals surface area contributed by atoms with Gasteiger partial charge in [-0.15, -0.1) is 0 Å². The number of aliphatic hydroxyl groups excluding tert-OH is 1. The molecule has 0 bridgehead atoms. The van der Waals surface area contributed by atoms with E-state index in [4.69, 9.17) is 5.11 Å². The van der Waals surface area contributed by atoms with E-state index in [-0.39, 0.29) is 12.3 Å². The van der Waals surface area contributed by atoms with Crippen molar-refractivity contribution in [2.45, 2.75) is 6.92 Å². The molecule has 1 aromatic heterocycles. The normalized spacial score (nSPS) is 9.67. The van der Waals surface area contributed by atoms with Crippen LogP contribution in [0.25, 0.3) is 0 Å². The van der Waals surface area contributed by atoms with Crippen LogP contribution in [0.5, 0.6) is 0 Å². The number of rotatable bonds is 2. The first-order chi connectivity index (χ1) is 10.1. The molecule has 0 aliphatic rings. The van der Waals surface area contributed by atoms with E-state index >= 15 is 0 Å². The van der Waals surface area contributed by atoms with E-state index in [0.29, 0.717) is 11.1 Å². The molecule has 0 aliphatic carbocycles. The van der Waals surface area contributed by atoms with E-state index in [1.807, 2.05) is 6.92 Å². The quantitative estimate of drug-likeness (QED) is 0.830. The first-order valence-corrected chi connectivity index (χ1v) is 6.22. The number of halogens is 1. The molecular formula is C16H13FN2O2. The molecular weight excluding hydrogens is 271 g/mol. The largest absolute Gasteiger partial charge is 0.384 e. The van der Waals surface area contributed by atoms with Gasteiger partial charge >= 0.3 is 0 Å². The lowest BCUT2D eigenvalue weighted by Gasteiger charge is -2.07. The summed E-state index contributed by atoms with van der Waals surface area (Å²) in [5, 5.41) is 11.1. The van der Waals surface area contributed by atoms with Crippen LogP contribution in [0.15, 0.2) is 36.7 Å². The van der Waals surface area contributed by atoms with Crippen LogP contribution >= 0.6 is 0 Å². The molecule has 0 saturated heterocycles. The highest BCUT2D eigenvalue weighted by molar-refractivity contribution is 6.04. The molecule has 0 radical (unpaired) electrons. The van der Waals surface area contributed by atoms with Crippen molar-refractivity contribution in [1.29, 1.82) is 0 Å². The standard InChI is InChI=1S/C16H13FN2O2/c1-11-7-13(10-18-9-11)16(21)19-15-5-4-12(3-2-6-20)8-14(15)17/h4-5,7-10,20H,6H2,1H3,(H,19,21). The summed E-state index contributed by atoms with van der Waals surface area (Å²) in [5.41, 5.74) is 1.70. The number of pyridine rings is 1. The maximum atomic E-state index is 13.9. The predicted octanol–water partition coefficient (Wildman–Crippen LogP) is 2.13. The number of aromatic nitrogens is 1. The molecule has 5 heteroatoms. The molecule has 0 fully saturated rings. The van der Waals surface area contributed by atoms with Crippen LogP contribution in [0.3, 0.4) is 0 Å². The molecule has 2 rings (SSSR count). The summed E-state index contributed by atoms with van der Waals surface area (Å²) in [6, 6.07) is 5.86. The second kappa shape index (κ2) is 6.64. The Morgan fingerprint density at radius 1 is 1.38 bits per heavy atom. The third-order valence-electron chi connectivity index (χ3n) is 2.67. The van der Waals surface area contributed by atoms with Crippen molar-refractivity contribution in [1.82, 2.24) is 4.98 Å². The molecule has 21 heavy (non-hydrogen) atoms. The Labute approximate surface area is 121 Å². The Balaban J connectivity index is 2.18. The Morgan fingerprint density at radius 2 is 2.19 bits per heavy atom. The number of nitrogens with zero attached hydrogens (tertiary/aromatic N) is 1. The highest BCUT2D eigenvalue weighted by Gasteiger charge is 2.10. The first kappa shape index (κ1) is 14.7. The summed E-state index contributed by atoms with van der Waals surface area (Å²) < 4.78 is 13.9. The molecule has 0 spiro atoms. The van der Waals surface area contributed by atoms with Crippen LogP contribution in [0.1, 0.15) is 21.5 Å². The smallest absolute Gasteiger partial charge is 0.257 e. The summed E-state index contributed by atoms with van der Waals surface area (Å²) in [6.07, 6.45) is 3.05. The van der Waals surface area contributed by atoms with Crippen molar-refractivity contribution in [3.63, 3.8) is 0 Å². The van der Waals surface area contributed by atoms with Crippen LogP contribution in [0, 0.1) is 24.6 Å². The first-order valence-electron chi connectivity index (χ1n) is 6.22. The number of aliphatic hydroxyl groups is 1. The van der Waals surface area contributed by atoms with Gasteiger partial charge < -0.3 is 10.4 Å². The van der Waals surface area contributed by atoms with Crippen LogP contribution in [0.2, 0.25) is 0 Å². The lowest BCUT2D eigenvalue weighted by atomic mass is 10.1. The minimum Gasteiger partial charge on any atom is -0.384 e. The van der Waals surface area contributed by atoms with E-state index in [1.165, 1.54) is 18.3 Å². The highest BCUT2D eigenvalue weighted by atomic mass is 19.1. The number of aryl methyl sites for hydroxylation is 1. The summed E-state index contributed by atoms with van der Waals surface area (Å²) >= 11 is 0. The van der Waals surface area contributed by atoms with E-state index in [9.17, 15) is 9.18 Å². The fourth-order valence-electron chi connectivity index (χ4n) is 1.71. The number of hydrogen-bond donors (Lipinski definition) is 2. The number of hydrogen-bond acceptors (Lipinski definition) is 3. The Kier molecular flexibility index (Phi) is 4.64. The summed E-state index contributed by atoms with van der Waals surface area (Å²) in [6.45, 7) is 1.53. The van der Waals surface area contributed by atoms with Crippen molar-refractivity contribution in [2.24, 2.45) is 0 Å². The SMILES string of the molecule is Cc1cncc(C(=O)Nc2ccc(C#CCO)cc2F)c1. The van der Waals surface area contributed by atoms with Crippen molar-refractivity contribution >= 4 is 11.6 Å². The maximum Gasteiger partial charge on any atom is 0.257 e. The van der Waals surface area contributed by atoms with Gasteiger partial charge in [0.2, 0.25) is 0 Å². The summed E-state index contributed by atoms with van der Waals surface area (Å²) in [5.74, 6) is 4.00. The number of benzene rings is 1. The van der Waals surface area contributed by atoms with E-state index < -0.39 is 11.7 Å². The molecule has 0 atom stereocenters. The van der Waals surface area contributed by atoms with Crippen molar-refractivity contribution in [2.75, 3.05) is 11.9 Å². The lowest BCUT2D eigenvalue weighted by Crippen LogP contribution is -2.13. The molecule has 1 amide bonds. The maximum absolute atomic E-state index is 13.9. The van der Waals surface area contributed by atoms with Gasteiger partial charge in [-0.05, 0) is 36.8 Å². The lowest BCUT2D eigenvalue weighted by molar-refractivity contribution is 0.102. The number of anilines is 1.